The number of nitrogens with zero attached hydrogens (tertiary/aromatic N) is 1. The molecule has 0 spiro atoms. The molecule has 5 heteroatoms. The lowest BCUT2D eigenvalue weighted by molar-refractivity contribution is 0.0592. The average Bonchev–Trinajstić information content (AvgIpc) is 2.84. The first-order valence-electron chi connectivity index (χ1n) is 11.6. The lowest BCUT2D eigenvalue weighted by atomic mass is 9.77. The zero-order valence-electron chi connectivity index (χ0n) is 19.2. The molecule has 1 N–H and O–H groups in total. The van der Waals surface area contributed by atoms with E-state index in [1.807, 2.05) is 25.1 Å². The molecule has 5 nitrogen and oxygen atoms in total. The van der Waals surface area contributed by atoms with Crippen LogP contribution in [-0.2, 0) is 9.47 Å². The molecule has 2 fully saturated rings. The second kappa shape index (κ2) is 10.7. The van der Waals surface area contributed by atoms with Crippen LogP contribution in [0.25, 0.3) is 10.9 Å². The van der Waals surface area contributed by atoms with Crippen molar-refractivity contribution in [3.05, 3.63) is 71.7 Å². The van der Waals surface area contributed by atoms with Crippen LogP contribution in [0.15, 0.2) is 66.2 Å². The topological polar surface area (TPSA) is 52.6 Å². The number of methoxy groups -OCH3 is 1. The highest BCUT2D eigenvalue weighted by Gasteiger charge is 2.25. The molecule has 1 aromatic heterocycles. The van der Waals surface area contributed by atoms with Gasteiger partial charge in [0.25, 0.3) is 0 Å². The number of fused-ring (bicyclic) bond motifs is 1. The molecule has 32 heavy (non-hydrogen) atoms. The van der Waals surface area contributed by atoms with Gasteiger partial charge in [0, 0.05) is 18.0 Å². The van der Waals surface area contributed by atoms with Crippen molar-refractivity contribution in [2.45, 2.75) is 38.5 Å². The highest BCUT2D eigenvalue weighted by Crippen LogP contribution is 2.38. The van der Waals surface area contributed by atoms with Crippen molar-refractivity contribution < 1.29 is 14.2 Å². The highest BCUT2D eigenvalue weighted by molar-refractivity contribution is 5.82. The van der Waals surface area contributed by atoms with E-state index in [-0.39, 0.29) is 0 Å². The number of para-hydroxylation sites is 1. The van der Waals surface area contributed by atoms with Crippen LogP contribution in [0.1, 0.15) is 44.1 Å². The smallest absolute Gasteiger partial charge is 0.213 e. The SMILES string of the molecule is C=C(/C=C1/OCCO/C1=C/C)CNCC1CCCC(c2cccc3ccc(OC)nc23)C1. The fourth-order valence-electron chi connectivity index (χ4n) is 4.81. The number of rotatable bonds is 7. The third-order valence-corrected chi connectivity index (χ3v) is 6.38. The second-order valence-electron chi connectivity index (χ2n) is 8.65. The normalized spacial score (nSPS) is 23.7. The summed E-state index contributed by atoms with van der Waals surface area (Å²) >= 11 is 0. The van der Waals surface area contributed by atoms with E-state index in [1.165, 1.54) is 36.6 Å². The Bertz CT molecular complexity index is 1010. The molecule has 0 radical (unpaired) electrons. The quantitative estimate of drug-likeness (QED) is 0.624. The third-order valence-electron chi connectivity index (χ3n) is 6.38. The maximum Gasteiger partial charge on any atom is 0.213 e. The van der Waals surface area contributed by atoms with Crippen LogP contribution < -0.4 is 10.1 Å². The fraction of sp³-hybridized carbons (Fsp3) is 0.444. The van der Waals surface area contributed by atoms with E-state index in [0.29, 0.717) is 30.9 Å². The van der Waals surface area contributed by atoms with Crippen LogP contribution in [0.2, 0.25) is 0 Å². The second-order valence-corrected chi connectivity index (χ2v) is 8.65. The molecule has 2 atom stereocenters. The fourth-order valence-corrected chi connectivity index (χ4v) is 4.81. The molecule has 0 bridgehead atoms. The van der Waals surface area contributed by atoms with Crippen LogP contribution in [-0.4, -0.2) is 38.4 Å². The molecular formula is C27H34N2O3. The molecule has 1 saturated carbocycles. The van der Waals surface area contributed by atoms with Crippen molar-refractivity contribution in [1.29, 1.82) is 0 Å². The first kappa shape index (κ1) is 22.4. The van der Waals surface area contributed by atoms with Gasteiger partial charge in [-0.2, -0.15) is 0 Å². The van der Waals surface area contributed by atoms with Gasteiger partial charge in [-0.3, -0.25) is 0 Å². The Morgan fingerprint density at radius 3 is 2.84 bits per heavy atom. The number of hydrogen-bond donors (Lipinski definition) is 1. The Morgan fingerprint density at radius 2 is 2.03 bits per heavy atom. The van der Waals surface area contributed by atoms with E-state index in [1.54, 1.807) is 7.11 Å². The molecule has 2 aromatic rings. The summed E-state index contributed by atoms with van der Waals surface area (Å²) in [7, 11) is 1.68. The van der Waals surface area contributed by atoms with Crippen LogP contribution >= 0.6 is 0 Å². The van der Waals surface area contributed by atoms with Gasteiger partial charge >= 0.3 is 0 Å². The zero-order chi connectivity index (χ0) is 22.3. The summed E-state index contributed by atoms with van der Waals surface area (Å²) in [6.45, 7) is 9.08. The maximum absolute atomic E-state index is 5.73. The van der Waals surface area contributed by atoms with Gasteiger partial charge in [-0.15, -0.1) is 0 Å². The number of hydrogen-bond acceptors (Lipinski definition) is 5. The van der Waals surface area contributed by atoms with E-state index in [0.717, 1.165) is 35.7 Å². The number of pyridine rings is 1. The van der Waals surface area contributed by atoms with E-state index < -0.39 is 0 Å². The van der Waals surface area contributed by atoms with Gasteiger partial charge in [0.2, 0.25) is 5.88 Å². The van der Waals surface area contributed by atoms with Gasteiger partial charge in [0.05, 0.1) is 12.6 Å². The van der Waals surface area contributed by atoms with Crippen LogP contribution in [0, 0.1) is 5.92 Å². The van der Waals surface area contributed by atoms with Crippen LogP contribution in [0.5, 0.6) is 5.88 Å². The summed E-state index contributed by atoms with van der Waals surface area (Å²) in [5.74, 6) is 3.44. The number of aromatic nitrogens is 1. The van der Waals surface area contributed by atoms with E-state index >= 15 is 0 Å². The predicted octanol–water partition coefficient (Wildman–Crippen LogP) is 5.50. The molecule has 0 amide bonds. The highest BCUT2D eigenvalue weighted by atomic mass is 16.6. The van der Waals surface area contributed by atoms with Gasteiger partial charge in [0.15, 0.2) is 11.5 Å². The number of nitrogens with one attached hydrogen (secondary N) is 1. The summed E-state index contributed by atoms with van der Waals surface area (Å²) < 4.78 is 16.7. The Morgan fingerprint density at radius 1 is 1.19 bits per heavy atom. The van der Waals surface area contributed by atoms with E-state index in [2.05, 4.69) is 36.2 Å². The molecule has 2 aliphatic rings. The predicted molar refractivity (Wildman–Crippen MR) is 129 cm³/mol. The number of allylic oxidation sites excluding steroid dienone is 1. The van der Waals surface area contributed by atoms with Gasteiger partial charge in [0.1, 0.15) is 13.2 Å². The van der Waals surface area contributed by atoms with E-state index in [4.69, 9.17) is 19.2 Å². The molecule has 1 saturated heterocycles. The lowest BCUT2D eigenvalue weighted by Crippen LogP contribution is -2.28. The van der Waals surface area contributed by atoms with Crippen molar-refractivity contribution in [2.24, 2.45) is 5.92 Å². The Hall–Kier alpha value is -2.79. The summed E-state index contributed by atoms with van der Waals surface area (Å²) in [6.07, 6.45) is 8.83. The Balaban J connectivity index is 1.35. The summed E-state index contributed by atoms with van der Waals surface area (Å²) in [5.41, 5.74) is 3.44. The Kier molecular flexibility index (Phi) is 7.48. The third kappa shape index (κ3) is 5.33. The van der Waals surface area contributed by atoms with E-state index in [9.17, 15) is 0 Å². The monoisotopic (exact) mass is 434 g/mol. The number of benzene rings is 1. The molecule has 4 rings (SSSR count). The lowest BCUT2D eigenvalue weighted by Gasteiger charge is -2.30. The molecular weight excluding hydrogens is 400 g/mol. The standard InChI is InChI=1S/C27H34N2O3/c1-4-24-25(32-14-13-31-24)15-19(2)17-28-18-20-7-5-9-22(16-20)23-10-6-8-21-11-12-26(30-3)29-27(21)23/h4,6,8,10-12,15,20,22,28H,2,5,7,9,13-14,16-18H2,1,3H3/b24-4+,25-15+. The maximum atomic E-state index is 5.73. The van der Waals surface area contributed by atoms with Gasteiger partial charge in [-0.05, 0) is 73.9 Å². The van der Waals surface area contributed by atoms with Crippen molar-refractivity contribution in [2.75, 3.05) is 33.4 Å². The molecule has 2 heterocycles. The minimum absolute atomic E-state index is 0.536. The van der Waals surface area contributed by atoms with Gasteiger partial charge < -0.3 is 19.5 Å². The molecule has 1 aromatic carbocycles. The van der Waals surface area contributed by atoms with Gasteiger partial charge in [-0.25, -0.2) is 4.98 Å². The largest absolute Gasteiger partial charge is 0.486 e. The number of ether oxygens (including phenoxy) is 3. The summed E-state index contributed by atoms with van der Waals surface area (Å²) in [5, 5.41) is 4.79. The summed E-state index contributed by atoms with van der Waals surface area (Å²) in [4.78, 5) is 4.77. The molecule has 1 aliphatic heterocycles. The van der Waals surface area contributed by atoms with Crippen molar-refractivity contribution in [3.63, 3.8) is 0 Å². The van der Waals surface area contributed by atoms with Crippen molar-refractivity contribution in [3.8, 4) is 5.88 Å². The minimum Gasteiger partial charge on any atom is -0.486 e. The minimum atomic E-state index is 0.536. The first-order valence-corrected chi connectivity index (χ1v) is 11.6. The molecule has 1 aliphatic carbocycles. The zero-order valence-corrected chi connectivity index (χ0v) is 19.2. The first-order chi connectivity index (χ1) is 15.7. The van der Waals surface area contributed by atoms with Crippen molar-refractivity contribution in [1.82, 2.24) is 10.3 Å². The summed E-state index contributed by atoms with van der Waals surface area (Å²) in [6, 6.07) is 10.6. The van der Waals surface area contributed by atoms with Gasteiger partial charge in [-0.1, -0.05) is 31.2 Å². The molecule has 170 valence electrons. The molecule has 2 unspecified atom stereocenters. The van der Waals surface area contributed by atoms with Crippen LogP contribution in [0.3, 0.4) is 0 Å². The van der Waals surface area contributed by atoms with Crippen LogP contribution in [0.4, 0.5) is 0 Å². The Labute approximate surface area is 191 Å². The average molecular weight is 435 g/mol. The van der Waals surface area contributed by atoms with Crippen molar-refractivity contribution >= 4 is 10.9 Å².